The molecule has 0 aliphatic rings. The Balaban J connectivity index is 2.34. The Bertz CT molecular complexity index is 1210. The molecule has 0 fully saturated rings. The second-order valence-corrected chi connectivity index (χ2v) is 9.86. The molecule has 0 radical (unpaired) electrons. The van der Waals surface area contributed by atoms with Crippen LogP contribution in [0.2, 0.25) is 0 Å². The maximum Gasteiger partial charge on any atom is 0.395 e. The van der Waals surface area contributed by atoms with Gasteiger partial charge in [0.2, 0.25) is 15.9 Å². The predicted molar refractivity (Wildman–Crippen MR) is 133 cm³/mol. The minimum atomic E-state index is -3.70. The molecular formula is C24H29N3O8S. The number of unbranched alkanes of at least 4 members (excludes halogenated alkanes) is 2. The van der Waals surface area contributed by atoms with Crippen LogP contribution < -0.4 is 14.9 Å². The fraction of sp³-hybridized carbons (Fsp3) is 0.333. The number of sulfonamides is 1. The third-order valence-electron chi connectivity index (χ3n) is 5.15. The van der Waals surface area contributed by atoms with Crippen LogP contribution in [0.4, 0.5) is 11.4 Å². The van der Waals surface area contributed by atoms with Crippen molar-refractivity contribution in [2.45, 2.75) is 38.6 Å². The molecule has 2 aromatic rings. The summed E-state index contributed by atoms with van der Waals surface area (Å²) >= 11 is 0. The fourth-order valence-electron chi connectivity index (χ4n) is 3.48. The molecule has 0 aliphatic heterocycles. The van der Waals surface area contributed by atoms with Crippen LogP contribution in [0.5, 0.6) is 0 Å². The minimum absolute atomic E-state index is 0.00838. The Morgan fingerprint density at radius 2 is 1.61 bits per heavy atom. The molecule has 12 heteroatoms. The molecule has 11 nitrogen and oxygen atoms in total. The zero-order valence-corrected chi connectivity index (χ0v) is 20.7. The number of carboxylic acid groups (broad SMARTS) is 2. The van der Waals surface area contributed by atoms with E-state index in [1.807, 2.05) is 6.92 Å². The van der Waals surface area contributed by atoms with Crippen LogP contribution in [0.1, 0.15) is 42.1 Å². The smallest absolute Gasteiger partial charge is 0.395 e. The van der Waals surface area contributed by atoms with Crippen molar-refractivity contribution in [2.75, 3.05) is 17.7 Å². The van der Waals surface area contributed by atoms with E-state index in [1.54, 1.807) is 0 Å². The number of anilines is 2. The van der Waals surface area contributed by atoms with Gasteiger partial charge in [-0.2, -0.15) is 0 Å². The van der Waals surface area contributed by atoms with Gasteiger partial charge in [-0.3, -0.25) is 14.5 Å². The monoisotopic (exact) mass is 519 g/mol. The highest BCUT2D eigenvalue weighted by molar-refractivity contribution is 7.88. The van der Waals surface area contributed by atoms with E-state index < -0.39 is 39.8 Å². The van der Waals surface area contributed by atoms with Gasteiger partial charge in [0, 0.05) is 12.2 Å². The van der Waals surface area contributed by atoms with Crippen molar-refractivity contribution >= 4 is 45.2 Å². The molecule has 1 atom stereocenters. The molecule has 2 rings (SSSR count). The SMILES string of the molecule is CCCCCNC(=O)C(Cc1ccc(N(C(=O)C(=O)O)c2ccccc2C(=O)O)cc1)NS(C)(=O)=O. The summed E-state index contributed by atoms with van der Waals surface area (Å²) in [5.74, 6) is -4.97. The van der Waals surface area contributed by atoms with Crippen molar-refractivity contribution in [3.8, 4) is 0 Å². The number of nitrogens with zero attached hydrogens (tertiary/aromatic N) is 1. The zero-order valence-electron chi connectivity index (χ0n) is 19.9. The molecule has 194 valence electrons. The molecule has 2 amide bonds. The van der Waals surface area contributed by atoms with E-state index in [2.05, 4.69) is 10.0 Å². The summed E-state index contributed by atoms with van der Waals surface area (Å²) in [6, 6.07) is 10.2. The van der Waals surface area contributed by atoms with Crippen molar-refractivity contribution in [1.29, 1.82) is 0 Å². The Morgan fingerprint density at radius 3 is 2.17 bits per heavy atom. The lowest BCUT2D eigenvalue weighted by Gasteiger charge is -2.23. The van der Waals surface area contributed by atoms with Crippen molar-refractivity contribution < 1.29 is 37.8 Å². The van der Waals surface area contributed by atoms with E-state index in [1.165, 1.54) is 48.5 Å². The Labute approximate surface area is 209 Å². The number of para-hydroxylation sites is 1. The number of hydrogen-bond donors (Lipinski definition) is 4. The number of hydrogen-bond acceptors (Lipinski definition) is 6. The van der Waals surface area contributed by atoms with Gasteiger partial charge in [0.05, 0.1) is 17.5 Å². The maximum absolute atomic E-state index is 12.6. The molecule has 36 heavy (non-hydrogen) atoms. The van der Waals surface area contributed by atoms with Crippen molar-refractivity contribution in [3.63, 3.8) is 0 Å². The van der Waals surface area contributed by atoms with E-state index in [0.29, 0.717) is 12.1 Å². The lowest BCUT2D eigenvalue weighted by Crippen LogP contribution is -2.47. The van der Waals surface area contributed by atoms with Crippen LogP contribution in [-0.4, -0.2) is 61.2 Å². The lowest BCUT2D eigenvalue weighted by atomic mass is 10.0. The van der Waals surface area contributed by atoms with Gasteiger partial charge in [0.15, 0.2) is 0 Å². The number of carbonyl (C=O) groups is 4. The highest BCUT2D eigenvalue weighted by atomic mass is 32.2. The average Bonchev–Trinajstić information content (AvgIpc) is 2.81. The zero-order chi connectivity index (χ0) is 26.9. The number of benzene rings is 2. The van der Waals surface area contributed by atoms with Crippen LogP contribution in [0, 0.1) is 0 Å². The van der Waals surface area contributed by atoms with E-state index >= 15 is 0 Å². The van der Waals surface area contributed by atoms with Crippen LogP contribution in [0.25, 0.3) is 0 Å². The van der Waals surface area contributed by atoms with Gasteiger partial charge in [0.25, 0.3) is 0 Å². The predicted octanol–water partition coefficient (Wildman–Crippen LogP) is 1.90. The van der Waals surface area contributed by atoms with Crippen LogP contribution in [0.15, 0.2) is 48.5 Å². The first-order chi connectivity index (χ1) is 16.9. The van der Waals surface area contributed by atoms with Crippen molar-refractivity contribution in [3.05, 3.63) is 59.7 Å². The first-order valence-corrected chi connectivity index (χ1v) is 13.1. The minimum Gasteiger partial charge on any atom is -0.478 e. The molecule has 0 saturated carbocycles. The molecule has 0 spiro atoms. The van der Waals surface area contributed by atoms with Gasteiger partial charge in [0.1, 0.15) is 6.04 Å². The van der Waals surface area contributed by atoms with Crippen LogP contribution in [-0.2, 0) is 30.8 Å². The first-order valence-electron chi connectivity index (χ1n) is 11.2. The normalized spacial score (nSPS) is 11.9. The second-order valence-electron chi connectivity index (χ2n) is 8.08. The summed E-state index contributed by atoms with van der Waals surface area (Å²) in [4.78, 5) is 48.9. The molecule has 0 bridgehead atoms. The molecule has 4 N–H and O–H groups in total. The van der Waals surface area contributed by atoms with E-state index in [-0.39, 0.29) is 23.4 Å². The summed E-state index contributed by atoms with van der Waals surface area (Å²) in [6.07, 6.45) is 3.58. The van der Waals surface area contributed by atoms with Crippen molar-refractivity contribution in [2.24, 2.45) is 0 Å². The van der Waals surface area contributed by atoms with Gasteiger partial charge < -0.3 is 15.5 Å². The molecule has 0 aliphatic carbocycles. The summed E-state index contributed by atoms with van der Waals surface area (Å²) in [6.45, 7) is 2.42. The number of carbonyl (C=O) groups excluding carboxylic acids is 2. The van der Waals surface area contributed by atoms with Gasteiger partial charge >= 0.3 is 17.8 Å². The highest BCUT2D eigenvalue weighted by Gasteiger charge is 2.28. The van der Waals surface area contributed by atoms with E-state index in [9.17, 15) is 37.8 Å². The van der Waals surface area contributed by atoms with Crippen LogP contribution >= 0.6 is 0 Å². The third-order valence-corrected chi connectivity index (χ3v) is 5.86. The standard InChI is InChI=1S/C24H29N3O8S/c1-3-4-7-14-25-21(28)19(26-36(2,34)35)15-16-10-12-17(13-11-16)27(22(29)24(32)33)20-9-6-5-8-18(20)23(30)31/h5-6,8-13,19,26H,3-4,7,14-15H2,1-2H3,(H,25,28)(H,30,31)(H,32,33). The molecule has 2 aromatic carbocycles. The molecule has 0 saturated heterocycles. The number of amides is 2. The number of rotatable bonds is 12. The topological polar surface area (TPSA) is 170 Å². The van der Waals surface area contributed by atoms with Gasteiger partial charge in [-0.15, -0.1) is 0 Å². The maximum atomic E-state index is 12.6. The molecular weight excluding hydrogens is 490 g/mol. The van der Waals surface area contributed by atoms with Gasteiger partial charge in [-0.25, -0.2) is 22.7 Å². The Morgan fingerprint density at radius 1 is 0.972 bits per heavy atom. The Hall–Kier alpha value is -3.77. The number of aliphatic carboxylic acids is 1. The van der Waals surface area contributed by atoms with E-state index in [0.717, 1.165) is 30.4 Å². The molecule has 0 aromatic heterocycles. The van der Waals surface area contributed by atoms with Gasteiger partial charge in [-0.1, -0.05) is 44.0 Å². The van der Waals surface area contributed by atoms with Gasteiger partial charge in [-0.05, 0) is 42.7 Å². The third kappa shape index (κ3) is 8.17. The van der Waals surface area contributed by atoms with Crippen LogP contribution in [0.3, 0.4) is 0 Å². The number of nitrogens with one attached hydrogen (secondary N) is 2. The summed E-state index contributed by atoms with van der Waals surface area (Å²) in [5, 5.41) is 21.5. The average molecular weight is 520 g/mol. The number of carboxylic acids is 2. The summed E-state index contributed by atoms with van der Waals surface area (Å²) in [5.41, 5.74) is 0.205. The first kappa shape index (κ1) is 28.5. The highest BCUT2D eigenvalue weighted by Crippen LogP contribution is 2.29. The largest absolute Gasteiger partial charge is 0.478 e. The second kappa shape index (κ2) is 12.8. The quantitative estimate of drug-likeness (QED) is 0.243. The molecule has 1 unspecified atom stereocenters. The Kier molecular flexibility index (Phi) is 10.1. The van der Waals surface area contributed by atoms with Crippen molar-refractivity contribution in [1.82, 2.24) is 10.0 Å². The summed E-state index contributed by atoms with van der Waals surface area (Å²) < 4.78 is 25.9. The fourth-order valence-corrected chi connectivity index (χ4v) is 4.19. The summed E-state index contributed by atoms with van der Waals surface area (Å²) in [7, 11) is -3.70. The lowest BCUT2D eigenvalue weighted by molar-refractivity contribution is -0.148. The molecule has 0 heterocycles. The van der Waals surface area contributed by atoms with E-state index in [4.69, 9.17) is 0 Å². The number of aromatic carboxylic acids is 1.